The van der Waals surface area contributed by atoms with Gasteiger partial charge in [0.25, 0.3) is 0 Å². The number of hydrogen-bond acceptors (Lipinski definition) is 2. The Morgan fingerprint density at radius 1 is 1.44 bits per heavy atom. The monoisotopic (exact) mass is 241 g/mol. The molecule has 0 aromatic carbocycles. The topological polar surface area (TPSA) is 12.0 Å². The van der Waals surface area contributed by atoms with Crippen LogP contribution in [0.4, 0.5) is 0 Å². The van der Waals surface area contributed by atoms with E-state index < -0.39 is 0 Å². The third kappa shape index (κ3) is 3.16. The summed E-state index contributed by atoms with van der Waals surface area (Å²) in [5, 5.41) is 3.85. The molecule has 0 aromatic rings. The molecule has 1 aliphatic heterocycles. The van der Waals surface area contributed by atoms with Crippen LogP contribution in [0, 0.1) is 17.8 Å². The summed E-state index contributed by atoms with van der Waals surface area (Å²) < 4.78 is 0. The van der Waals surface area contributed by atoms with E-state index in [1.807, 2.05) is 0 Å². The predicted molar refractivity (Wildman–Crippen MR) is 73.8 cm³/mol. The molecule has 0 bridgehead atoms. The summed E-state index contributed by atoms with van der Waals surface area (Å²) in [7, 11) is 0. The summed E-state index contributed by atoms with van der Waals surface area (Å²) in [4.78, 5) is 0.463. The van der Waals surface area contributed by atoms with E-state index in [0.717, 1.165) is 17.8 Å². The SMILES string of the molecule is CC(C)CC1CCCC2(C1)NCC(C)CS2. The van der Waals surface area contributed by atoms with Gasteiger partial charge in [-0.2, -0.15) is 0 Å². The number of rotatable bonds is 2. The van der Waals surface area contributed by atoms with Crippen molar-refractivity contribution in [3.63, 3.8) is 0 Å². The zero-order chi connectivity index (χ0) is 11.6. The molecule has 0 radical (unpaired) electrons. The van der Waals surface area contributed by atoms with Gasteiger partial charge in [-0.15, -0.1) is 11.8 Å². The lowest BCUT2D eigenvalue weighted by atomic mass is 9.80. The maximum atomic E-state index is 3.85. The average molecular weight is 241 g/mol. The molecule has 94 valence electrons. The fourth-order valence-corrected chi connectivity index (χ4v) is 4.83. The highest BCUT2D eigenvalue weighted by Crippen LogP contribution is 2.44. The molecular formula is C14H27NS. The van der Waals surface area contributed by atoms with Gasteiger partial charge in [-0.05, 0) is 49.3 Å². The molecular weight excluding hydrogens is 214 g/mol. The number of hydrogen-bond donors (Lipinski definition) is 1. The zero-order valence-corrected chi connectivity index (χ0v) is 11.9. The lowest BCUT2D eigenvalue weighted by Gasteiger charge is -2.45. The second-order valence-electron chi connectivity index (χ2n) is 6.38. The molecule has 1 spiro atoms. The van der Waals surface area contributed by atoms with Crippen LogP contribution in [-0.2, 0) is 0 Å². The Kier molecular flexibility index (Phi) is 4.23. The van der Waals surface area contributed by atoms with E-state index >= 15 is 0 Å². The summed E-state index contributed by atoms with van der Waals surface area (Å²) in [6, 6.07) is 0. The van der Waals surface area contributed by atoms with Gasteiger partial charge in [0.15, 0.2) is 0 Å². The standard InChI is InChI=1S/C14H27NS/c1-11(2)7-13-5-4-6-14(8-13)15-9-12(3)10-16-14/h11-13,15H,4-10H2,1-3H3. The van der Waals surface area contributed by atoms with E-state index in [2.05, 4.69) is 37.8 Å². The molecule has 1 saturated carbocycles. The minimum Gasteiger partial charge on any atom is -0.302 e. The van der Waals surface area contributed by atoms with Crippen LogP contribution in [0.15, 0.2) is 0 Å². The fraction of sp³-hybridized carbons (Fsp3) is 1.00. The van der Waals surface area contributed by atoms with E-state index in [1.54, 1.807) is 0 Å². The average Bonchev–Trinajstić information content (AvgIpc) is 2.22. The van der Waals surface area contributed by atoms with Gasteiger partial charge in [0.1, 0.15) is 0 Å². The minimum atomic E-state index is 0.463. The highest BCUT2D eigenvalue weighted by Gasteiger charge is 2.39. The Hall–Kier alpha value is 0.310. The molecule has 1 saturated heterocycles. The first-order chi connectivity index (χ1) is 7.60. The summed E-state index contributed by atoms with van der Waals surface area (Å²) in [5.74, 6) is 4.07. The van der Waals surface area contributed by atoms with Crippen LogP contribution in [0.1, 0.15) is 52.9 Å². The third-order valence-electron chi connectivity index (χ3n) is 4.03. The first-order valence-electron chi connectivity index (χ1n) is 6.99. The van der Waals surface area contributed by atoms with E-state index in [0.29, 0.717) is 4.87 Å². The molecule has 3 unspecified atom stereocenters. The van der Waals surface area contributed by atoms with Crippen molar-refractivity contribution in [2.75, 3.05) is 12.3 Å². The Bertz CT molecular complexity index is 219. The van der Waals surface area contributed by atoms with Crippen molar-refractivity contribution in [3.05, 3.63) is 0 Å². The Morgan fingerprint density at radius 2 is 2.25 bits per heavy atom. The first kappa shape index (κ1) is 12.8. The van der Waals surface area contributed by atoms with Gasteiger partial charge >= 0.3 is 0 Å². The highest BCUT2D eigenvalue weighted by atomic mass is 32.2. The largest absolute Gasteiger partial charge is 0.302 e. The van der Waals surface area contributed by atoms with Gasteiger partial charge < -0.3 is 5.32 Å². The lowest BCUT2D eigenvalue weighted by molar-refractivity contribution is 0.222. The Morgan fingerprint density at radius 3 is 2.88 bits per heavy atom. The van der Waals surface area contributed by atoms with Crippen molar-refractivity contribution in [3.8, 4) is 0 Å². The van der Waals surface area contributed by atoms with Crippen LogP contribution in [0.25, 0.3) is 0 Å². The van der Waals surface area contributed by atoms with Crippen LogP contribution in [-0.4, -0.2) is 17.2 Å². The van der Waals surface area contributed by atoms with Crippen molar-refractivity contribution in [2.24, 2.45) is 17.8 Å². The molecule has 0 amide bonds. The molecule has 1 nitrogen and oxygen atoms in total. The third-order valence-corrected chi connectivity index (χ3v) is 5.84. The van der Waals surface area contributed by atoms with Gasteiger partial charge in [-0.25, -0.2) is 0 Å². The molecule has 2 rings (SSSR count). The maximum absolute atomic E-state index is 3.85. The lowest BCUT2D eigenvalue weighted by Crippen LogP contribution is -2.51. The summed E-state index contributed by atoms with van der Waals surface area (Å²) in [6.45, 7) is 8.33. The van der Waals surface area contributed by atoms with Gasteiger partial charge in [0, 0.05) is 0 Å². The van der Waals surface area contributed by atoms with E-state index in [-0.39, 0.29) is 0 Å². The van der Waals surface area contributed by atoms with Crippen LogP contribution in [0.5, 0.6) is 0 Å². The van der Waals surface area contributed by atoms with Crippen LogP contribution >= 0.6 is 11.8 Å². The number of nitrogens with one attached hydrogen (secondary N) is 1. The summed E-state index contributed by atoms with van der Waals surface area (Å²) in [5.41, 5.74) is 0. The molecule has 1 heterocycles. The van der Waals surface area contributed by atoms with Crippen molar-refractivity contribution in [1.82, 2.24) is 5.32 Å². The maximum Gasteiger partial charge on any atom is 0.0648 e. The van der Waals surface area contributed by atoms with Crippen molar-refractivity contribution in [1.29, 1.82) is 0 Å². The fourth-order valence-electron chi connectivity index (χ4n) is 3.28. The first-order valence-corrected chi connectivity index (χ1v) is 7.97. The quantitative estimate of drug-likeness (QED) is 0.787. The second-order valence-corrected chi connectivity index (χ2v) is 7.79. The molecule has 1 N–H and O–H groups in total. The molecule has 0 aromatic heterocycles. The van der Waals surface area contributed by atoms with E-state index in [1.165, 1.54) is 44.4 Å². The van der Waals surface area contributed by atoms with Crippen molar-refractivity contribution >= 4 is 11.8 Å². The van der Waals surface area contributed by atoms with E-state index in [9.17, 15) is 0 Å². The normalized spacial score (nSPS) is 40.5. The molecule has 16 heavy (non-hydrogen) atoms. The minimum absolute atomic E-state index is 0.463. The van der Waals surface area contributed by atoms with Crippen molar-refractivity contribution in [2.45, 2.75) is 57.7 Å². The van der Waals surface area contributed by atoms with Gasteiger partial charge in [0.05, 0.1) is 4.87 Å². The van der Waals surface area contributed by atoms with Crippen LogP contribution in [0.2, 0.25) is 0 Å². The molecule has 2 heteroatoms. The zero-order valence-electron chi connectivity index (χ0n) is 11.1. The Balaban J connectivity index is 1.90. The van der Waals surface area contributed by atoms with Gasteiger partial charge in [-0.3, -0.25) is 0 Å². The molecule has 3 atom stereocenters. The predicted octanol–water partition coefficient (Wildman–Crippen LogP) is 3.89. The second kappa shape index (κ2) is 5.30. The van der Waals surface area contributed by atoms with Crippen LogP contribution < -0.4 is 5.32 Å². The Labute approximate surface area is 105 Å². The molecule has 1 aliphatic carbocycles. The van der Waals surface area contributed by atoms with Crippen molar-refractivity contribution < 1.29 is 0 Å². The van der Waals surface area contributed by atoms with Gasteiger partial charge in [0.2, 0.25) is 0 Å². The number of thioether (sulfide) groups is 1. The smallest absolute Gasteiger partial charge is 0.0648 e. The molecule has 2 aliphatic rings. The van der Waals surface area contributed by atoms with Crippen LogP contribution in [0.3, 0.4) is 0 Å². The highest BCUT2D eigenvalue weighted by molar-refractivity contribution is 8.00. The molecule has 2 fully saturated rings. The summed E-state index contributed by atoms with van der Waals surface area (Å²) in [6.07, 6.45) is 7.16. The van der Waals surface area contributed by atoms with E-state index in [4.69, 9.17) is 0 Å². The summed E-state index contributed by atoms with van der Waals surface area (Å²) >= 11 is 2.21. The van der Waals surface area contributed by atoms with Gasteiger partial charge in [-0.1, -0.05) is 33.6 Å².